The summed E-state index contributed by atoms with van der Waals surface area (Å²) >= 11 is 0. The molecule has 0 fully saturated rings. The van der Waals surface area contributed by atoms with Crippen LogP contribution in [-0.2, 0) is 12.0 Å². The van der Waals surface area contributed by atoms with E-state index in [9.17, 15) is 9.50 Å². The fraction of sp³-hybridized carbons (Fsp3) is 0.227. The van der Waals surface area contributed by atoms with E-state index in [0.29, 0.717) is 18.1 Å². The van der Waals surface area contributed by atoms with Crippen LogP contribution in [0.15, 0.2) is 54.6 Å². The summed E-state index contributed by atoms with van der Waals surface area (Å²) in [4.78, 5) is 0. The van der Waals surface area contributed by atoms with Crippen molar-refractivity contribution in [3.8, 4) is 11.3 Å². The van der Waals surface area contributed by atoms with Crippen molar-refractivity contribution in [2.75, 3.05) is 11.9 Å². The molecule has 6 nitrogen and oxygen atoms in total. The number of fused-ring (bicyclic) bond motifs is 1. The van der Waals surface area contributed by atoms with Gasteiger partial charge in [-0.2, -0.15) is 5.10 Å². The van der Waals surface area contributed by atoms with Crippen molar-refractivity contribution in [2.45, 2.75) is 25.9 Å². The Kier molecular flexibility index (Phi) is 4.98. The van der Waals surface area contributed by atoms with E-state index in [0.717, 1.165) is 27.7 Å². The first-order valence-corrected chi connectivity index (χ1v) is 9.38. The monoisotopic (exact) mass is 391 g/mol. The summed E-state index contributed by atoms with van der Waals surface area (Å²) in [6, 6.07) is 16.1. The van der Waals surface area contributed by atoms with E-state index in [1.54, 1.807) is 12.1 Å². The molecular formula is C22H22FN5O. The van der Waals surface area contributed by atoms with Gasteiger partial charge in [0.1, 0.15) is 11.6 Å². The maximum absolute atomic E-state index is 13.2. The largest absolute Gasteiger partial charge is 0.390 e. The molecule has 2 aromatic carbocycles. The van der Waals surface area contributed by atoms with Crippen molar-refractivity contribution in [1.29, 1.82) is 0 Å². The molecular weight excluding hydrogens is 369 g/mol. The van der Waals surface area contributed by atoms with E-state index in [4.69, 9.17) is 0 Å². The third kappa shape index (κ3) is 3.95. The maximum atomic E-state index is 13.2. The molecule has 0 aliphatic rings. The van der Waals surface area contributed by atoms with Crippen LogP contribution in [0.2, 0.25) is 0 Å². The summed E-state index contributed by atoms with van der Waals surface area (Å²) < 4.78 is 13.2. The average Bonchev–Trinajstić information content (AvgIpc) is 3.15. The van der Waals surface area contributed by atoms with E-state index in [2.05, 4.69) is 39.6 Å². The van der Waals surface area contributed by atoms with Crippen molar-refractivity contribution in [3.05, 3.63) is 71.7 Å². The zero-order valence-electron chi connectivity index (χ0n) is 16.3. The molecule has 2 aromatic heterocycles. The molecule has 0 bridgehead atoms. The highest BCUT2D eigenvalue weighted by Crippen LogP contribution is 2.26. The molecule has 0 atom stereocenters. The quantitative estimate of drug-likeness (QED) is 0.462. The molecule has 148 valence electrons. The first-order chi connectivity index (χ1) is 14.0. The van der Waals surface area contributed by atoms with Gasteiger partial charge < -0.3 is 10.4 Å². The zero-order chi connectivity index (χ0) is 20.4. The third-order valence-corrected chi connectivity index (χ3v) is 5.09. The number of H-pyrrole nitrogens is 1. The summed E-state index contributed by atoms with van der Waals surface area (Å²) in [6.07, 6.45) is 0. The van der Waals surface area contributed by atoms with Crippen molar-refractivity contribution in [3.63, 3.8) is 0 Å². The number of aromatic amines is 1. The van der Waals surface area contributed by atoms with Gasteiger partial charge in [-0.15, -0.1) is 10.2 Å². The Morgan fingerprint density at radius 2 is 1.83 bits per heavy atom. The topological polar surface area (TPSA) is 86.7 Å². The van der Waals surface area contributed by atoms with Crippen LogP contribution in [0.5, 0.6) is 0 Å². The summed E-state index contributed by atoms with van der Waals surface area (Å²) in [6.45, 7) is 4.69. The lowest BCUT2D eigenvalue weighted by atomic mass is 9.84. The standard InChI is InChI=1S/C22H22FN5O/c1-22(2,15-4-6-16(23)7-5-15)13-24-21-10-9-18(25-28-21)14-3-8-19-17(11-14)20(12-29)27-26-19/h3-11,29H,12-13H2,1-2H3,(H,24,28)(H,26,27). The highest BCUT2D eigenvalue weighted by Gasteiger charge is 2.20. The molecule has 0 aliphatic carbocycles. The second kappa shape index (κ2) is 7.60. The molecule has 3 N–H and O–H groups in total. The normalized spacial score (nSPS) is 11.7. The van der Waals surface area contributed by atoms with Gasteiger partial charge in [-0.05, 0) is 42.0 Å². The van der Waals surface area contributed by atoms with Gasteiger partial charge in [-0.25, -0.2) is 4.39 Å². The molecule has 7 heteroatoms. The Balaban J connectivity index is 1.48. The first kappa shape index (κ1) is 19.0. The molecule has 4 aromatic rings. The van der Waals surface area contributed by atoms with Crippen LogP contribution in [-0.4, -0.2) is 32.0 Å². The highest BCUT2D eigenvalue weighted by molar-refractivity contribution is 5.86. The number of nitrogens with one attached hydrogen (secondary N) is 2. The Bertz CT molecular complexity index is 1120. The van der Waals surface area contributed by atoms with Gasteiger partial charge >= 0.3 is 0 Å². The van der Waals surface area contributed by atoms with Crippen LogP contribution < -0.4 is 5.32 Å². The van der Waals surface area contributed by atoms with Crippen LogP contribution in [0, 0.1) is 5.82 Å². The molecule has 29 heavy (non-hydrogen) atoms. The number of nitrogens with zero attached hydrogens (tertiary/aromatic N) is 3. The second-order valence-corrected chi connectivity index (χ2v) is 7.64. The molecule has 0 saturated carbocycles. The van der Waals surface area contributed by atoms with Gasteiger partial charge in [0.05, 0.1) is 23.5 Å². The lowest BCUT2D eigenvalue weighted by molar-refractivity contribution is 0.278. The Hall–Kier alpha value is -3.32. The number of aliphatic hydroxyl groups excluding tert-OH is 1. The van der Waals surface area contributed by atoms with Gasteiger partial charge in [-0.3, -0.25) is 5.10 Å². The molecule has 0 unspecified atom stereocenters. The van der Waals surface area contributed by atoms with Crippen LogP contribution in [0.1, 0.15) is 25.1 Å². The minimum Gasteiger partial charge on any atom is -0.390 e. The van der Waals surface area contributed by atoms with Crippen molar-refractivity contribution in [1.82, 2.24) is 20.4 Å². The van der Waals surface area contributed by atoms with E-state index < -0.39 is 0 Å². The fourth-order valence-corrected chi connectivity index (χ4v) is 3.24. The molecule has 0 saturated heterocycles. The van der Waals surface area contributed by atoms with Crippen molar-refractivity contribution in [2.24, 2.45) is 0 Å². The number of rotatable bonds is 6. The molecule has 4 rings (SSSR count). The lowest BCUT2D eigenvalue weighted by Crippen LogP contribution is -2.28. The smallest absolute Gasteiger partial charge is 0.148 e. The molecule has 2 heterocycles. The van der Waals surface area contributed by atoms with E-state index >= 15 is 0 Å². The number of aliphatic hydroxyl groups is 1. The Labute approximate surface area is 167 Å². The van der Waals surface area contributed by atoms with Crippen LogP contribution >= 0.6 is 0 Å². The molecule has 0 radical (unpaired) electrons. The fourth-order valence-electron chi connectivity index (χ4n) is 3.24. The van der Waals surface area contributed by atoms with Gasteiger partial charge in [-0.1, -0.05) is 32.0 Å². The predicted octanol–water partition coefficient (Wildman–Crippen LogP) is 4.04. The minimum absolute atomic E-state index is 0.123. The predicted molar refractivity (Wildman–Crippen MR) is 111 cm³/mol. The van der Waals surface area contributed by atoms with Crippen LogP contribution in [0.4, 0.5) is 10.2 Å². The summed E-state index contributed by atoms with van der Waals surface area (Å²) in [5, 5.41) is 29.2. The highest BCUT2D eigenvalue weighted by atomic mass is 19.1. The van der Waals surface area contributed by atoms with Gasteiger partial charge in [0.2, 0.25) is 0 Å². The maximum Gasteiger partial charge on any atom is 0.148 e. The Morgan fingerprint density at radius 1 is 1.03 bits per heavy atom. The Morgan fingerprint density at radius 3 is 2.52 bits per heavy atom. The second-order valence-electron chi connectivity index (χ2n) is 7.64. The average molecular weight is 391 g/mol. The van der Waals surface area contributed by atoms with Crippen molar-refractivity contribution < 1.29 is 9.50 Å². The van der Waals surface area contributed by atoms with Crippen LogP contribution in [0.25, 0.3) is 22.2 Å². The molecule has 0 spiro atoms. The number of hydrogen-bond donors (Lipinski definition) is 3. The van der Waals surface area contributed by atoms with E-state index in [-0.39, 0.29) is 17.8 Å². The number of hydrogen-bond acceptors (Lipinski definition) is 5. The van der Waals surface area contributed by atoms with Crippen molar-refractivity contribution >= 4 is 16.7 Å². The van der Waals surface area contributed by atoms with E-state index in [1.807, 2.05) is 30.3 Å². The number of benzene rings is 2. The van der Waals surface area contributed by atoms with Crippen LogP contribution in [0.3, 0.4) is 0 Å². The lowest BCUT2D eigenvalue weighted by Gasteiger charge is -2.25. The van der Waals surface area contributed by atoms with Gasteiger partial charge in [0.25, 0.3) is 0 Å². The number of anilines is 1. The summed E-state index contributed by atoms with van der Waals surface area (Å²) in [5.74, 6) is 0.433. The summed E-state index contributed by atoms with van der Waals surface area (Å²) in [5.41, 5.74) is 3.97. The molecule has 0 aliphatic heterocycles. The zero-order valence-corrected chi connectivity index (χ0v) is 16.3. The minimum atomic E-state index is -0.237. The third-order valence-electron chi connectivity index (χ3n) is 5.09. The SMILES string of the molecule is CC(C)(CNc1ccc(-c2ccc3[nH]nc(CO)c3c2)nn1)c1ccc(F)cc1. The molecule has 0 amide bonds. The number of aromatic nitrogens is 4. The van der Waals surface area contributed by atoms with Gasteiger partial charge in [0, 0.05) is 22.9 Å². The first-order valence-electron chi connectivity index (χ1n) is 9.38. The number of halogens is 1. The van der Waals surface area contributed by atoms with E-state index in [1.165, 1.54) is 12.1 Å². The summed E-state index contributed by atoms with van der Waals surface area (Å²) in [7, 11) is 0. The van der Waals surface area contributed by atoms with Gasteiger partial charge in [0.15, 0.2) is 0 Å².